The molecule has 0 spiro atoms. The molecule has 396 valence electrons. The normalized spacial score (nSPS) is 32.0. The van der Waals surface area contributed by atoms with Crippen LogP contribution in [0.25, 0.3) is 11.3 Å². The molecule has 1 aromatic heterocycles. The summed E-state index contributed by atoms with van der Waals surface area (Å²) in [4.78, 5) is 46.4. The number of aliphatic hydroxyl groups excluding tert-OH is 1. The summed E-state index contributed by atoms with van der Waals surface area (Å²) in [5.41, 5.74) is 6.74. The number of fused-ring (bicyclic) bond motifs is 1. The molecule has 71 heavy (non-hydrogen) atoms. The molecule has 1 amide bonds. The molecule has 13 atom stereocenters. The Hall–Kier alpha value is -4.28. The van der Waals surface area contributed by atoms with Crippen molar-refractivity contribution in [1.82, 2.24) is 35.4 Å². The Balaban J connectivity index is 0.00000305. The van der Waals surface area contributed by atoms with E-state index < -0.39 is 71.5 Å². The van der Waals surface area contributed by atoms with Crippen molar-refractivity contribution in [2.24, 2.45) is 17.8 Å². The molecule has 0 bridgehead atoms. The lowest BCUT2D eigenvalue weighted by atomic mass is 9.78. The van der Waals surface area contributed by atoms with E-state index in [1.165, 1.54) is 25.3 Å². The Labute approximate surface area is 422 Å². The molecular weight excluding hydrogens is 939 g/mol. The van der Waals surface area contributed by atoms with Crippen LogP contribution in [0.15, 0.2) is 54.7 Å². The number of aryl methyl sites for hydroxylation is 1. The maximum Gasteiger partial charge on any atom is 0.410 e. The van der Waals surface area contributed by atoms with Crippen molar-refractivity contribution in [3.8, 4) is 11.3 Å². The van der Waals surface area contributed by atoms with Gasteiger partial charge >= 0.3 is 12.1 Å². The van der Waals surface area contributed by atoms with E-state index in [2.05, 4.69) is 27.9 Å². The van der Waals surface area contributed by atoms with Gasteiger partial charge in [-0.2, -0.15) is 3.89 Å². The first-order chi connectivity index (χ1) is 33.7. The summed E-state index contributed by atoms with van der Waals surface area (Å²) in [6, 6.07) is 12.5. The van der Waals surface area contributed by atoms with Gasteiger partial charge in [0.15, 0.2) is 17.7 Å². The number of methoxy groups -OCH3 is 1. The molecule has 17 nitrogen and oxygen atoms in total. The van der Waals surface area contributed by atoms with Gasteiger partial charge < -0.3 is 50.1 Å². The number of nitrogen functional groups attached to an aromatic ring is 1. The fourth-order valence-corrected chi connectivity index (χ4v) is 10.5. The first-order valence-corrected chi connectivity index (χ1v) is 25.9. The number of ether oxygens (including phenoxy) is 5. The topological polar surface area (TPSA) is 205 Å². The third-order valence-corrected chi connectivity index (χ3v) is 14.3. The van der Waals surface area contributed by atoms with Gasteiger partial charge in [0.05, 0.1) is 30.0 Å². The van der Waals surface area contributed by atoms with Crippen molar-refractivity contribution >= 4 is 35.7 Å². The van der Waals surface area contributed by atoms with Crippen molar-refractivity contribution < 1.29 is 51.5 Å². The summed E-state index contributed by atoms with van der Waals surface area (Å²) in [7, 11) is 5.34. The number of halogens is 2. The molecule has 3 aliphatic heterocycles. The zero-order valence-electron chi connectivity index (χ0n) is 43.3. The van der Waals surface area contributed by atoms with Crippen LogP contribution in [-0.2, 0) is 46.4 Å². The van der Waals surface area contributed by atoms with E-state index in [0.717, 1.165) is 11.1 Å². The molecule has 3 saturated heterocycles. The first kappa shape index (κ1) is 57.6. The van der Waals surface area contributed by atoms with Crippen molar-refractivity contribution in [2.75, 3.05) is 52.8 Å². The predicted molar refractivity (Wildman–Crippen MR) is 269 cm³/mol. The van der Waals surface area contributed by atoms with E-state index in [1.807, 2.05) is 77.2 Å². The molecule has 0 aliphatic carbocycles. The fraction of sp³-hybridized carbons (Fsp3) is 0.667. The molecule has 4 heterocycles. The number of nitrogens with zero attached hydrogens (tertiary/aromatic N) is 5. The number of carbonyl (C=O) groups excluding carboxylic acids is 3. The maximum atomic E-state index is 14.6. The summed E-state index contributed by atoms with van der Waals surface area (Å²) >= 11 is 0.250. The number of nitrogens with one attached hydrogen (secondary N) is 2. The summed E-state index contributed by atoms with van der Waals surface area (Å²) in [5.74, 6) is -3.71. The molecule has 20 heteroatoms. The predicted octanol–water partition coefficient (Wildman–Crippen LogP) is 6.43. The van der Waals surface area contributed by atoms with Crippen LogP contribution in [0.3, 0.4) is 0 Å². The quantitative estimate of drug-likeness (QED) is 0.0561. The molecule has 3 unspecified atom stereocenters. The molecule has 2 aromatic carbocycles. The van der Waals surface area contributed by atoms with Crippen molar-refractivity contribution in [1.29, 1.82) is 0 Å². The van der Waals surface area contributed by atoms with Crippen molar-refractivity contribution in [3.05, 3.63) is 66.1 Å². The summed E-state index contributed by atoms with van der Waals surface area (Å²) in [6.07, 6.45) is 0.799. The number of unbranched alkanes of at least 4 members (excludes halogenated alkanes) is 1. The Kier molecular flexibility index (Phi) is 21.2. The summed E-state index contributed by atoms with van der Waals surface area (Å²) in [5, 5.41) is 27.5. The van der Waals surface area contributed by atoms with Crippen LogP contribution >= 0.6 is 12.1 Å². The summed E-state index contributed by atoms with van der Waals surface area (Å²) in [6.45, 7) is 15.2. The van der Waals surface area contributed by atoms with E-state index in [4.69, 9.17) is 29.4 Å². The number of rotatable bonds is 15. The zero-order chi connectivity index (χ0) is 52.2. The van der Waals surface area contributed by atoms with Gasteiger partial charge in [0.25, 0.3) is 0 Å². The first-order valence-electron chi connectivity index (χ1n) is 24.7. The minimum absolute atomic E-state index is 0.0639. The number of hydrogen-bond donors (Lipinski definition) is 4. The Morgan fingerprint density at radius 2 is 1.76 bits per heavy atom. The van der Waals surface area contributed by atoms with Crippen molar-refractivity contribution in [2.45, 2.75) is 154 Å². The number of ketones is 1. The molecule has 3 aromatic rings. The number of nitrogens with two attached hydrogens (primary N) is 1. The minimum atomic E-state index is -1.27. The van der Waals surface area contributed by atoms with E-state index in [9.17, 15) is 27.8 Å². The van der Waals surface area contributed by atoms with Gasteiger partial charge in [0.2, 0.25) is 0 Å². The van der Waals surface area contributed by atoms with Crippen LogP contribution < -0.4 is 16.4 Å². The van der Waals surface area contributed by atoms with E-state index >= 15 is 0 Å². The van der Waals surface area contributed by atoms with Crippen LogP contribution in [0.5, 0.6) is 0 Å². The van der Waals surface area contributed by atoms with Crippen LogP contribution in [0.4, 0.5) is 18.8 Å². The molecule has 5 N–H and O–H groups in total. The highest BCUT2D eigenvalue weighted by molar-refractivity contribution is 7.93. The number of aromatic nitrogens is 3. The number of anilines is 1. The highest BCUT2D eigenvalue weighted by Gasteiger charge is 2.59. The van der Waals surface area contributed by atoms with Gasteiger partial charge in [0, 0.05) is 80.9 Å². The van der Waals surface area contributed by atoms with Crippen molar-refractivity contribution in [3.63, 3.8) is 0 Å². The largest absolute Gasteiger partial charge is 0.458 e. The SMILES string of the molecule is CC[C@H]1OC(=O)[C@H](C)C(=O)[C@H](C)[C@@H](O[C@@H]2OC(CNCc3ccc(F)cc3)CC(N(C)C)C2O)[C@](C)(OC)C[C@@H](C)CN[C@H](C)[C@H]2N(CCCCn3cc(-c4cccc(N)c4)nn3)C(=O)O[C@]12C.CSF. The fourth-order valence-electron chi connectivity index (χ4n) is 10.5. The van der Waals surface area contributed by atoms with Gasteiger partial charge in [-0.1, -0.05) is 50.3 Å². The van der Waals surface area contributed by atoms with Gasteiger partial charge in [-0.15, -0.1) is 5.10 Å². The average Bonchev–Trinajstić information content (AvgIpc) is 3.92. The lowest BCUT2D eigenvalue weighted by Crippen LogP contribution is -2.61. The average molecular weight is 1020 g/mol. The number of esters is 1. The Bertz CT molecular complexity index is 2180. The smallest absolute Gasteiger partial charge is 0.410 e. The number of amides is 1. The van der Waals surface area contributed by atoms with Gasteiger partial charge in [-0.3, -0.25) is 19.2 Å². The van der Waals surface area contributed by atoms with Gasteiger partial charge in [-0.05, 0) is 116 Å². The van der Waals surface area contributed by atoms with Crippen LogP contribution in [0.1, 0.15) is 86.1 Å². The maximum absolute atomic E-state index is 14.6. The van der Waals surface area contributed by atoms with Crippen LogP contribution in [-0.4, -0.2) is 155 Å². The Morgan fingerprint density at radius 3 is 2.41 bits per heavy atom. The van der Waals surface area contributed by atoms with Crippen LogP contribution in [0.2, 0.25) is 0 Å². The highest BCUT2D eigenvalue weighted by Crippen LogP contribution is 2.40. The number of benzene rings is 2. The molecule has 3 aliphatic rings. The molecule has 0 saturated carbocycles. The van der Waals surface area contributed by atoms with E-state index in [1.54, 1.807) is 35.7 Å². The Morgan fingerprint density at radius 1 is 1.07 bits per heavy atom. The standard InChI is InChI=1S/C50H75FN8O9.CH3FS/c1-11-41-50(7)44(59(48(63)68-50)22-13-12-21-58-29-39(55-56-58)35-15-14-16-37(52)23-35)33(5)54-26-30(2)25-49(6,64-10)45(31(3)42(60)32(4)46(62)66-41)67-47-43(61)40(57(8)9)24-38(65-47)28-53-27-34-17-19-36(51)20-18-34;1-3-2/h14-20,23,29-33,38,40-41,43-45,47,53-54,61H,11-13,21-22,24-28,52H2,1-10H3;1H3/t30-,31+,32-,33-,38?,40?,41-,43?,44-,45-,47+,49-,50-;/m1./s1. The minimum Gasteiger partial charge on any atom is -0.458 e. The zero-order valence-corrected chi connectivity index (χ0v) is 44.1. The third-order valence-electron chi connectivity index (χ3n) is 14.3. The third kappa shape index (κ3) is 14.5. The summed E-state index contributed by atoms with van der Waals surface area (Å²) < 4.78 is 57.7. The molecule has 6 rings (SSSR count). The van der Waals surface area contributed by atoms with Gasteiger partial charge in [-0.25, -0.2) is 9.18 Å². The number of cyclic esters (lactones) is 1. The second-order valence-electron chi connectivity index (χ2n) is 20.0. The molecule has 0 radical (unpaired) electrons. The number of carbonyl (C=O) groups is 3. The monoisotopic (exact) mass is 1020 g/mol. The number of Topliss-reactive ketones (excluding diaryl/α,β-unsaturated/α-hetero) is 1. The van der Waals surface area contributed by atoms with Crippen LogP contribution in [0, 0.1) is 23.6 Å². The van der Waals surface area contributed by atoms with Gasteiger partial charge in [0.1, 0.15) is 29.6 Å². The number of hydrogen-bond acceptors (Lipinski definition) is 16. The lowest BCUT2D eigenvalue weighted by Gasteiger charge is -2.47. The highest BCUT2D eigenvalue weighted by atomic mass is 32.2. The van der Waals surface area contributed by atoms with E-state index in [-0.39, 0.29) is 42.1 Å². The van der Waals surface area contributed by atoms with E-state index in [0.29, 0.717) is 76.2 Å². The number of aliphatic hydroxyl groups is 1. The second kappa shape index (κ2) is 26.1. The second-order valence-corrected chi connectivity index (χ2v) is 20.3. The molecule has 3 fully saturated rings. The number of likely N-dealkylation sites (N-methyl/N-ethyl adjacent to an activating group) is 1. The molecular formula is C51H78F2N8O9S. The lowest BCUT2D eigenvalue weighted by molar-refractivity contribution is -0.297.